The number of amides is 1. The van der Waals surface area contributed by atoms with Crippen LogP contribution in [0.1, 0.15) is 16.1 Å². The summed E-state index contributed by atoms with van der Waals surface area (Å²) in [5.41, 5.74) is 0.891. The molecule has 1 amide bonds. The summed E-state index contributed by atoms with van der Waals surface area (Å²) in [7, 11) is 0. The largest absolute Gasteiger partial charge is 0.390 e. The molecule has 0 radical (unpaired) electrons. The Hall–Kier alpha value is -1.56. The van der Waals surface area contributed by atoms with Gasteiger partial charge in [-0.05, 0) is 19.1 Å². The summed E-state index contributed by atoms with van der Waals surface area (Å²) in [4.78, 5) is 15.3. The molecule has 1 rings (SSSR count). The zero-order valence-electron chi connectivity index (χ0n) is 8.70. The molecule has 1 aromatic heterocycles. The molecule has 1 heterocycles. The minimum absolute atomic E-state index is 0.265. The van der Waals surface area contributed by atoms with Gasteiger partial charge >= 0.3 is 0 Å². The molecule has 1 aromatic rings. The first-order valence-corrected chi connectivity index (χ1v) is 4.64. The SMILES string of the molecule is Cc1cc(C(=O)NCC(F)(F)CO)ccn1. The topological polar surface area (TPSA) is 62.2 Å². The first-order valence-electron chi connectivity index (χ1n) is 4.64. The van der Waals surface area contributed by atoms with E-state index >= 15 is 0 Å². The Morgan fingerprint density at radius 3 is 2.88 bits per heavy atom. The van der Waals surface area contributed by atoms with E-state index in [0.717, 1.165) is 0 Å². The van der Waals surface area contributed by atoms with Gasteiger partial charge in [-0.25, -0.2) is 8.78 Å². The number of halogens is 2. The lowest BCUT2D eigenvalue weighted by Crippen LogP contribution is -2.39. The fourth-order valence-electron chi connectivity index (χ4n) is 1.05. The molecule has 0 fully saturated rings. The van der Waals surface area contributed by atoms with Crippen molar-refractivity contribution in [3.8, 4) is 0 Å². The molecule has 0 saturated heterocycles. The lowest BCUT2D eigenvalue weighted by molar-refractivity contribution is -0.0462. The maximum Gasteiger partial charge on any atom is 0.287 e. The summed E-state index contributed by atoms with van der Waals surface area (Å²) >= 11 is 0. The van der Waals surface area contributed by atoms with Crippen molar-refractivity contribution in [2.24, 2.45) is 0 Å². The predicted octanol–water partition coefficient (Wildman–Crippen LogP) is 0.747. The van der Waals surface area contributed by atoms with Gasteiger partial charge in [0.25, 0.3) is 11.8 Å². The molecule has 0 aliphatic heterocycles. The molecule has 0 aromatic carbocycles. The van der Waals surface area contributed by atoms with Crippen LogP contribution < -0.4 is 5.32 Å². The molecule has 0 atom stereocenters. The number of aryl methyl sites for hydroxylation is 1. The van der Waals surface area contributed by atoms with Crippen LogP contribution in [0.15, 0.2) is 18.3 Å². The maximum atomic E-state index is 12.6. The highest BCUT2D eigenvalue weighted by Gasteiger charge is 2.28. The Kier molecular flexibility index (Phi) is 3.89. The third kappa shape index (κ3) is 3.54. The van der Waals surface area contributed by atoms with Crippen LogP contribution in [0.25, 0.3) is 0 Å². The molecule has 4 nitrogen and oxygen atoms in total. The minimum atomic E-state index is -3.29. The Labute approximate surface area is 91.3 Å². The van der Waals surface area contributed by atoms with Gasteiger partial charge in [-0.2, -0.15) is 0 Å². The summed E-state index contributed by atoms with van der Waals surface area (Å²) in [6.45, 7) is -0.481. The zero-order valence-corrected chi connectivity index (χ0v) is 8.70. The van der Waals surface area contributed by atoms with Gasteiger partial charge < -0.3 is 10.4 Å². The van der Waals surface area contributed by atoms with Crippen LogP contribution in [0.3, 0.4) is 0 Å². The number of hydrogen-bond acceptors (Lipinski definition) is 3. The highest BCUT2D eigenvalue weighted by atomic mass is 19.3. The highest BCUT2D eigenvalue weighted by Crippen LogP contribution is 2.10. The minimum Gasteiger partial charge on any atom is -0.390 e. The first kappa shape index (κ1) is 12.5. The van der Waals surface area contributed by atoms with Crippen LogP contribution in [-0.4, -0.2) is 35.1 Å². The standard InChI is InChI=1S/C10H12F2N2O2/c1-7-4-8(2-3-13-7)9(16)14-5-10(11,12)6-15/h2-4,15H,5-6H2,1H3,(H,14,16). The van der Waals surface area contributed by atoms with Gasteiger partial charge in [0.2, 0.25) is 0 Å². The van der Waals surface area contributed by atoms with Crippen molar-refractivity contribution < 1.29 is 18.7 Å². The van der Waals surface area contributed by atoms with E-state index in [1.54, 1.807) is 6.92 Å². The van der Waals surface area contributed by atoms with Crippen LogP contribution in [0.4, 0.5) is 8.78 Å². The third-order valence-electron chi connectivity index (χ3n) is 1.90. The van der Waals surface area contributed by atoms with E-state index in [4.69, 9.17) is 5.11 Å². The van der Waals surface area contributed by atoms with Crippen LogP contribution >= 0.6 is 0 Å². The van der Waals surface area contributed by atoms with Crippen molar-refractivity contribution in [1.82, 2.24) is 10.3 Å². The smallest absolute Gasteiger partial charge is 0.287 e. The van der Waals surface area contributed by atoms with E-state index in [2.05, 4.69) is 4.98 Å². The Balaban J connectivity index is 2.60. The number of hydrogen-bond donors (Lipinski definition) is 2. The molecule has 0 saturated carbocycles. The normalized spacial score (nSPS) is 11.2. The molecule has 0 unspecified atom stereocenters. The number of carbonyl (C=O) groups is 1. The molecule has 16 heavy (non-hydrogen) atoms. The second kappa shape index (κ2) is 4.98. The average molecular weight is 230 g/mol. The number of nitrogens with zero attached hydrogens (tertiary/aromatic N) is 1. The maximum absolute atomic E-state index is 12.6. The molecule has 6 heteroatoms. The van der Waals surface area contributed by atoms with E-state index in [1.807, 2.05) is 5.32 Å². The van der Waals surface area contributed by atoms with Gasteiger partial charge in [0.05, 0.1) is 6.54 Å². The highest BCUT2D eigenvalue weighted by molar-refractivity contribution is 5.94. The monoisotopic (exact) mass is 230 g/mol. The number of rotatable bonds is 4. The summed E-state index contributed by atoms with van der Waals surface area (Å²) in [5, 5.41) is 10.4. The quantitative estimate of drug-likeness (QED) is 0.802. The van der Waals surface area contributed by atoms with Gasteiger partial charge in [0, 0.05) is 17.5 Å². The van der Waals surface area contributed by atoms with Gasteiger partial charge in [0.1, 0.15) is 6.61 Å². The van der Waals surface area contributed by atoms with Crippen molar-refractivity contribution in [2.45, 2.75) is 12.8 Å². The molecule has 88 valence electrons. The van der Waals surface area contributed by atoms with Crippen LogP contribution in [0, 0.1) is 6.92 Å². The molecule has 0 bridgehead atoms. The van der Waals surface area contributed by atoms with E-state index in [9.17, 15) is 13.6 Å². The number of pyridine rings is 1. The number of alkyl halides is 2. The zero-order chi connectivity index (χ0) is 12.2. The van der Waals surface area contributed by atoms with Crippen molar-refractivity contribution >= 4 is 5.91 Å². The molecular formula is C10H12F2N2O2. The van der Waals surface area contributed by atoms with E-state index in [1.165, 1.54) is 18.3 Å². The molecule has 0 aliphatic carbocycles. The number of aliphatic hydroxyl groups is 1. The molecule has 0 spiro atoms. The molecule has 2 N–H and O–H groups in total. The Morgan fingerprint density at radius 2 is 2.31 bits per heavy atom. The van der Waals surface area contributed by atoms with E-state index in [-0.39, 0.29) is 5.56 Å². The van der Waals surface area contributed by atoms with Crippen LogP contribution in [0.2, 0.25) is 0 Å². The number of nitrogens with one attached hydrogen (secondary N) is 1. The van der Waals surface area contributed by atoms with Crippen molar-refractivity contribution in [1.29, 1.82) is 0 Å². The summed E-state index contributed by atoms with van der Waals surface area (Å²) in [6, 6.07) is 2.92. The van der Waals surface area contributed by atoms with E-state index < -0.39 is 25.0 Å². The summed E-state index contributed by atoms with van der Waals surface area (Å²) in [5.74, 6) is -3.91. The Bertz CT molecular complexity index is 383. The van der Waals surface area contributed by atoms with Crippen LogP contribution in [-0.2, 0) is 0 Å². The fraction of sp³-hybridized carbons (Fsp3) is 0.400. The van der Waals surface area contributed by atoms with Gasteiger partial charge in [0.15, 0.2) is 0 Å². The van der Waals surface area contributed by atoms with E-state index in [0.29, 0.717) is 5.69 Å². The average Bonchev–Trinajstić information content (AvgIpc) is 2.26. The number of aliphatic hydroxyl groups excluding tert-OH is 1. The summed E-state index contributed by atoms with van der Waals surface area (Å²) < 4.78 is 25.3. The second-order valence-corrected chi connectivity index (χ2v) is 3.38. The molecular weight excluding hydrogens is 218 g/mol. The van der Waals surface area contributed by atoms with Gasteiger partial charge in [-0.3, -0.25) is 9.78 Å². The Morgan fingerprint density at radius 1 is 1.62 bits per heavy atom. The lowest BCUT2D eigenvalue weighted by Gasteiger charge is -2.13. The van der Waals surface area contributed by atoms with Crippen molar-refractivity contribution in [3.05, 3.63) is 29.6 Å². The lowest BCUT2D eigenvalue weighted by atomic mass is 10.2. The second-order valence-electron chi connectivity index (χ2n) is 3.38. The fourth-order valence-corrected chi connectivity index (χ4v) is 1.05. The first-order chi connectivity index (χ1) is 7.44. The summed E-state index contributed by atoms with van der Waals surface area (Å²) in [6.07, 6.45) is 1.43. The van der Waals surface area contributed by atoms with Gasteiger partial charge in [-0.15, -0.1) is 0 Å². The van der Waals surface area contributed by atoms with Gasteiger partial charge in [-0.1, -0.05) is 0 Å². The van der Waals surface area contributed by atoms with Crippen molar-refractivity contribution in [3.63, 3.8) is 0 Å². The predicted molar refractivity (Wildman–Crippen MR) is 53.3 cm³/mol. The van der Waals surface area contributed by atoms with Crippen LogP contribution in [0.5, 0.6) is 0 Å². The third-order valence-corrected chi connectivity index (χ3v) is 1.90. The van der Waals surface area contributed by atoms with Crippen molar-refractivity contribution in [2.75, 3.05) is 13.2 Å². The number of aromatic nitrogens is 1. The number of carbonyl (C=O) groups excluding carboxylic acids is 1. The molecule has 0 aliphatic rings.